The van der Waals surface area contributed by atoms with Crippen LogP contribution in [-0.2, 0) is 27.7 Å². The highest BCUT2D eigenvalue weighted by atomic mass is 32.2. The highest BCUT2D eigenvalue weighted by molar-refractivity contribution is 7.89. The van der Waals surface area contributed by atoms with E-state index in [1.54, 1.807) is 0 Å². The molecule has 1 saturated heterocycles. The van der Waals surface area contributed by atoms with Crippen LogP contribution >= 0.6 is 0 Å². The molecule has 19 heavy (non-hydrogen) atoms. The first-order valence-electron chi connectivity index (χ1n) is 6.67. The molecule has 1 atom stereocenters. The lowest BCUT2D eigenvalue weighted by atomic mass is 10.1. The van der Waals surface area contributed by atoms with E-state index >= 15 is 0 Å². The van der Waals surface area contributed by atoms with Gasteiger partial charge in [-0.25, -0.2) is 13.1 Å². The molecular weight excluding hydrogens is 266 g/mol. The van der Waals surface area contributed by atoms with E-state index in [4.69, 9.17) is 4.74 Å². The summed E-state index contributed by atoms with van der Waals surface area (Å²) in [7, 11) is -3.22. The van der Waals surface area contributed by atoms with E-state index < -0.39 is 10.0 Å². The van der Waals surface area contributed by atoms with Gasteiger partial charge in [-0.1, -0.05) is 6.92 Å². The van der Waals surface area contributed by atoms with Gasteiger partial charge in [0.1, 0.15) is 0 Å². The summed E-state index contributed by atoms with van der Waals surface area (Å²) in [6.45, 7) is 3.73. The lowest BCUT2D eigenvalue weighted by molar-refractivity contribution is 0.185. The molecule has 0 bridgehead atoms. The monoisotopic (exact) mass is 287 g/mol. The molecule has 0 amide bonds. The van der Waals surface area contributed by atoms with Crippen molar-refractivity contribution in [2.45, 2.75) is 32.7 Å². The molecule has 2 heterocycles. The van der Waals surface area contributed by atoms with Crippen molar-refractivity contribution in [3.63, 3.8) is 0 Å². The third kappa shape index (κ3) is 4.59. The lowest BCUT2D eigenvalue weighted by Gasteiger charge is -2.08. The molecule has 0 radical (unpaired) electrons. The van der Waals surface area contributed by atoms with E-state index in [0.717, 1.165) is 30.8 Å². The van der Waals surface area contributed by atoms with Gasteiger partial charge < -0.3 is 4.74 Å². The summed E-state index contributed by atoms with van der Waals surface area (Å²) < 4.78 is 31.5. The second-order valence-electron chi connectivity index (χ2n) is 4.90. The van der Waals surface area contributed by atoms with Crippen LogP contribution in [0.1, 0.15) is 31.2 Å². The van der Waals surface area contributed by atoms with Crippen LogP contribution in [0.15, 0.2) is 6.07 Å². The van der Waals surface area contributed by atoms with Gasteiger partial charge in [-0.15, -0.1) is 0 Å². The van der Waals surface area contributed by atoms with Gasteiger partial charge in [0.25, 0.3) is 0 Å². The number of aryl methyl sites for hydroxylation is 1. The third-order valence-electron chi connectivity index (χ3n) is 3.35. The van der Waals surface area contributed by atoms with Gasteiger partial charge in [0.05, 0.1) is 23.7 Å². The quantitative estimate of drug-likeness (QED) is 0.777. The van der Waals surface area contributed by atoms with Crippen molar-refractivity contribution >= 4 is 10.0 Å². The topological polar surface area (TPSA) is 84.1 Å². The summed E-state index contributed by atoms with van der Waals surface area (Å²) >= 11 is 0. The summed E-state index contributed by atoms with van der Waals surface area (Å²) in [6, 6.07) is 1.88. The minimum Gasteiger partial charge on any atom is -0.381 e. The first-order chi connectivity index (χ1) is 9.09. The summed E-state index contributed by atoms with van der Waals surface area (Å²) in [5.41, 5.74) is 1.74. The number of hydrogen-bond donors (Lipinski definition) is 2. The summed E-state index contributed by atoms with van der Waals surface area (Å²) in [5, 5.41) is 6.90. The van der Waals surface area contributed by atoms with Crippen LogP contribution < -0.4 is 4.72 Å². The number of aromatic nitrogens is 2. The number of hydrogen-bond acceptors (Lipinski definition) is 4. The number of rotatable bonds is 7. The maximum atomic E-state index is 11.9. The van der Waals surface area contributed by atoms with Crippen molar-refractivity contribution in [1.82, 2.24) is 14.9 Å². The first-order valence-corrected chi connectivity index (χ1v) is 8.32. The Bertz CT molecular complexity index is 492. The fraction of sp³-hybridized carbons (Fsp3) is 0.750. The second kappa shape index (κ2) is 6.49. The van der Waals surface area contributed by atoms with Gasteiger partial charge in [-0.05, 0) is 31.2 Å². The van der Waals surface area contributed by atoms with E-state index in [1.165, 1.54) is 0 Å². The van der Waals surface area contributed by atoms with Crippen molar-refractivity contribution in [1.29, 1.82) is 0 Å². The van der Waals surface area contributed by atoms with Gasteiger partial charge in [0.2, 0.25) is 10.0 Å². The molecule has 6 nitrogen and oxygen atoms in total. The van der Waals surface area contributed by atoms with Crippen LogP contribution in [0.5, 0.6) is 0 Å². The van der Waals surface area contributed by atoms with E-state index in [-0.39, 0.29) is 12.3 Å². The van der Waals surface area contributed by atoms with Gasteiger partial charge in [0.15, 0.2) is 0 Å². The molecule has 1 unspecified atom stereocenters. The molecule has 0 spiro atoms. The molecule has 1 aliphatic rings. The van der Waals surface area contributed by atoms with Gasteiger partial charge in [-0.3, -0.25) is 5.10 Å². The number of aromatic amines is 1. The Morgan fingerprint density at radius 2 is 2.42 bits per heavy atom. The van der Waals surface area contributed by atoms with Gasteiger partial charge >= 0.3 is 0 Å². The molecule has 2 N–H and O–H groups in total. The van der Waals surface area contributed by atoms with Crippen molar-refractivity contribution in [2.75, 3.05) is 19.0 Å². The highest BCUT2D eigenvalue weighted by Crippen LogP contribution is 2.16. The molecule has 1 aromatic heterocycles. The average Bonchev–Trinajstić information content (AvgIpc) is 3.05. The van der Waals surface area contributed by atoms with Crippen molar-refractivity contribution < 1.29 is 13.2 Å². The summed E-state index contributed by atoms with van der Waals surface area (Å²) in [4.78, 5) is 0. The van der Waals surface area contributed by atoms with Crippen molar-refractivity contribution in [2.24, 2.45) is 5.92 Å². The number of H-pyrrole nitrogens is 1. The van der Waals surface area contributed by atoms with E-state index in [0.29, 0.717) is 18.9 Å². The van der Waals surface area contributed by atoms with Crippen LogP contribution in [0.25, 0.3) is 0 Å². The Balaban J connectivity index is 1.76. The second-order valence-corrected chi connectivity index (χ2v) is 6.82. The van der Waals surface area contributed by atoms with Crippen molar-refractivity contribution in [3.8, 4) is 0 Å². The van der Waals surface area contributed by atoms with Crippen LogP contribution in [0, 0.1) is 5.92 Å². The smallest absolute Gasteiger partial charge is 0.211 e. The van der Waals surface area contributed by atoms with Crippen molar-refractivity contribution in [3.05, 3.63) is 17.5 Å². The Morgan fingerprint density at radius 3 is 3.05 bits per heavy atom. The predicted octanol–water partition coefficient (Wildman–Crippen LogP) is 0.818. The van der Waals surface area contributed by atoms with Crippen LogP contribution in [0.3, 0.4) is 0 Å². The maximum absolute atomic E-state index is 11.9. The summed E-state index contributed by atoms with van der Waals surface area (Å²) in [6.07, 6.45) is 2.47. The molecule has 1 fully saturated rings. The first kappa shape index (κ1) is 14.5. The highest BCUT2D eigenvalue weighted by Gasteiger charge is 2.19. The van der Waals surface area contributed by atoms with E-state index in [9.17, 15) is 8.42 Å². The Hall–Kier alpha value is -0.920. The minimum absolute atomic E-state index is 0.162. The lowest BCUT2D eigenvalue weighted by Crippen LogP contribution is -2.27. The Kier molecular flexibility index (Phi) is 4.95. The Labute approximate surface area is 114 Å². The zero-order chi connectivity index (χ0) is 13.7. The van der Waals surface area contributed by atoms with Crippen LogP contribution in [0.4, 0.5) is 0 Å². The van der Waals surface area contributed by atoms with E-state index in [1.807, 2.05) is 13.0 Å². The fourth-order valence-electron chi connectivity index (χ4n) is 2.07. The predicted molar refractivity (Wildman–Crippen MR) is 72.1 cm³/mol. The molecule has 1 aromatic rings. The van der Waals surface area contributed by atoms with Crippen LogP contribution in [0.2, 0.25) is 0 Å². The fourth-order valence-corrected chi connectivity index (χ4v) is 3.24. The number of nitrogens with zero attached hydrogens (tertiary/aromatic N) is 1. The SMILES string of the molecule is CCc1cc(CNS(=O)(=O)CCC2CCOC2)[nH]n1. The van der Waals surface area contributed by atoms with Gasteiger partial charge in [0, 0.05) is 13.2 Å². The standard InChI is InChI=1S/C12H21N3O3S/c1-2-11-7-12(15-14-11)8-13-19(16,17)6-4-10-3-5-18-9-10/h7,10,13H,2-6,8-9H2,1H3,(H,14,15). The molecule has 108 valence electrons. The third-order valence-corrected chi connectivity index (χ3v) is 4.70. The zero-order valence-corrected chi connectivity index (χ0v) is 12.0. The Morgan fingerprint density at radius 1 is 1.58 bits per heavy atom. The molecule has 2 rings (SSSR count). The molecule has 0 aliphatic carbocycles. The molecular formula is C12H21N3O3S. The van der Waals surface area contributed by atoms with E-state index in [2.05, 4.69) is 14.9 Å². The number of ether oxygens (including phenoxy) is 1. The molecule has 1 aliphatic heterocycles. The number of nitrogens with one attached hydrogen (secondary N) is 2. The number of sulfonamides is 1. The minimum atomic E-state index is -3.22. The largest absolute Gasteiger partial charge is 0.381 e. The van der Waals surface area contributed by atoms with Crippen LogP contribution in [-0.4, -0.2) is 37.6 Å². The van der Waals surface area contributed by atoms with Gasteiger partial charge in [-0.2, -0.15) is 5.10 Å². The maximum Gasteiger partial charge on any atom is 0.211 e. The molecule has 0 aromatic carbocycles. The molecule has 0 saturated carbocycles. The normalized spacial score (nSPS) is 19.9. The summed E-state index contributed by atoms with van der Waals surface area (Å²) in [5.74, 6) is 0.547. The zero-order valence-electron chi connectivity index (χ0n) is 11.2. The molecule has 7 heteroatoms. The average molecular weight is 287 g/mol.